The summed E-state index contributed by atoms with van der Waals surface area (Å²) in [6.07, 6.45) is -4.09. The maximum absolute atomic E-state index is 12.8. The Morgan fingerprint density at radius 2 is 2.06 bits per heavy atom. The number of alkyl halides is 4. The highest BCUT2D eigenvalue weighted by atomic mass is 79.9. The van der Waals surface area contributed by atoms with Gasteiger partial charge in [-0.05, 0) is 17.7 Å². The third-order valence-corrected chi connectivity index (χ3v) is 3.15. The molecule has 1 rings (SSSR count). The summed E-state index contributed by atoms with van der Waals surface area (Å²) in [6, 6.07) is 6.17. The van der Waals surface area contributed by atoms with Crippen molar-refractivity contribution in [2.75, 3.05) is 18.5 Å². The summed E-state index contributed by atoms with van der Waals surface area (Å²) in [5, 5.41) is 8.62. The molecule has 1 aromatic rings. The average molecular weight is 321 g/mol. The van der Waals surface area contributed by atoms with Crippen molar-refractivity contribution in [2.45, 2.75) is 17.9 Å². The van der Waals surface area contributed by atoms with Crippen molar-refractivity contribution >= 4 is 21.6 Å². The maximum atomic E-state index is 12.8. The number of hydrogen-bond donors (Lipinski definition) is 0. The van der Waals surface area contributed by atoms with Crippen LogP contribution in [0.2, 0.25) is 0 Å². The molecule has 98 valence electrons. The number of anilines is 1. The van der Waals surface area contributed by atoms with E-state index >= 15 is 0 Å². The van der Waals surface area contributed by atoms with Gasteiger partial charge in [0.2, 0.25) is 0 Å². The smallest absolute Gasteiger partial charge is 0.374 e. The Balaban J connectivity index is 3.07. The van der Waals surface area contributed by atoms with Gasteiger partial charge in [-0.15, -0.1) is 0 Å². The van der Waals surface area contributed by atoms with E-state index in [4.69, 9.17) is 5.26 Å². The van der Waals surface area contributed by atoms with Crippen molar-refractivity contribution in [2.24, 2.45) is 0 Å². The minimum absolute atomic E-state index is 0.157. The molecule has 1 aromatic carbocycles. The van der Waals surface area contributed by atoms with E-state index in [1.54, 1.807) is 18.0 Å². The largest absolute Gasteiger partial charge is 0.416 e. The number of nitriles is 1. The Morgan fingerprint density at radius 3 is 2.56 bits per heavy atom. The molecule has 0 aliphatic rings. The number of hydrogen-bond acceptors (Lipinski definition) is 2. The number of nitrogens with zero attached hydrogens (tertiary/aromatic N) is 2. The molecule has 18 heavy (non-hydrogen) atoms. The van der Waals surface area contributed by atoms with Crippen LogP contribution < -0.4 is 4.90 Å². The van der Waals surface area contributed by atoms with Gasteiger partial charge in [-0.25, -0.2) is 0 Å². The highest BCUT2D eigenvalue weighted by molar-refractivity contribution is 9.08. The number of rotatable bonds is 4. The van der Waals surface area contributed by atoms with Crippen molar-refractivity contribution in [3.63, 3.8) is 0 Å². The first-order chi connectivity index (χ1) is 8.40. The van der Waals surface area contributed by atoms with E-state index < -0.39 is 11.7 Å². The van der Waals surface area contributed by atoms with Crippen molar-refractivity contribution < 1.29 is 13.2 Å². The fourth-order valence-electron chi connectivity index (χ4n) is 1.53. The first kappa shape index (κ1) is 14.8. The maximum Gasteiger partial charge on any atom is 0.416 e. The molecular weight excluding hydrogens is 309 g/mol. The lowest BCUT2D eigenvalue weighted by molar-refractivity contribution is -0.138. The van der Waals surface area contributed by atoms with Crippen LogP contribution in [0.1, 0.15) is 17.5 Å². The lowest BCUT2D eigenvalue weighted by Crippen LogP contribution is -2.19. The Kier molecular flexibility index (Phi) is 5.03. The highest BCUT2D eigenvalue weighted by Gasteiger charge is 2.33. The normalized spacial score (nSPS) is 11.1. The summed E-state index contributed by atoms with van der Waals surface area (Å²) in [4.78, 5) is 1.64. The molecule has 0 aliphatic carbocycles. The van der Waals surface area contributed by atoms with Gasteiger partial charge in [0.05, 0.1) is 18.1 Å². The van der Waals surface area contributed by atoms with Crippen molar-refractivity contribution in [1.82, 2.24) is 0 Å². The minimum atomic E-state index is -4.37. The van der Waals surface area contributed by atoms with E-state index in [0.29, 0.717) is 12.2 Å². The predicted octanol–water partition coefficient (Wildman–Crippen LogP) is 3.95. The molecule has 0 heterocycles. The Bertz CT molecular complexity index is 452. The lowest BCUT2D eigenvalue weighted by atomic mass is 10.1. The van der Waals surface area contributed by atoms with Gasteiger partial charge in [0, 0.05) is 24.6 Å². The van der Waals surface area contributed by atoms with Crippen LogP contribution in [0.5, 0.6) is 0 Å². The van der Waals surface area contributed by atoms with E-state index in [0.717, 1.165) is 6.07 Å². The zero-order chi connectivity index (χ0) is 13.8. The number of benzene rings is 1. The second kappa shape index (κ2) is 6.10. The van der Waals surface area contributed by atoms with Gasteiger partial charge in [-0.3, -0.25) is 0 Å². The predicted molar refractivity (Wildman–Crippen MR) is 67.6 cm³/mol. The lowest BCUT2D eigenvalue weighted by Gasteiger charge is -2.20. The summed E-state index contributed by atoms with van der Waals surface area (Å²) in [5.41, 5.74) is 0.0305. The van der Waals surface area contributed by atoms with Crippen molar-refractivity contribution in [1.29, 1.82) is 5.26 Å². The van der Waals surface area contributed by atoms with Crippen LogP contribution >= 0.6 is 15.9 Å². The highest BCUT2D eigenvalue weighted by Crippen LogP contribution is 2.35. The van der Waals surface area contributed by atoms with Gasteiger partial charge in [-0.1, -0.05) is 22.0 Å². The molecule has 2 nitrogen and oxygen atoms in total. The first-order valence-electron chi connectivity index (χ1n) is 5.24. The Labute approximate surface area is 112 Å². The van der Waals surface area contributed by atoms with E-state index in [9.17, 15) is 13.2 Å². The minimum Gasteiger partial charge on any atom is -0.374 e. The Morgan fingerprint density at radius 1 is 1.39 bits per heavy atom. The summed E-state index contributed by atoms with van der Waals surface area (Å²) >= 11 is 3.05. The van der Waals surface area contributed by atoms with Crippen LogP contribution in [-0.2, 0) is 11.5 Å². The summed E-state index contributed by atoms with van der Waals surface area (Å²) in [6.45, 7) is 0.404. The molecule has 0 N–H and O–H groups in total. The first-order valence-corrected chi connectivity index (χ1v) is 6.36. The molecule has 0 bridgehead atoms. The van der Waals surface area contributed by atoms with Gasteiger partial charge in [0.1, 0.15) is 0 Å². The summed E-state index contributed by atoms with van der Waals surface area (Å²) in [5.74, 6) is 0. The zero-order valence-corrected chi connectivity index (χ0v) is 11.3. The quantitative estimate of drug-likeness (QED) is 0.785. The van der Waals surface area contributed by atoms with Crippen LogP contribution in [0.4, 0.5) is 18.9 Å². The molecule has 0 saturated carbocycles. The average Bonchev–Trinajstić information content (AvgIpc) is 2.34. The molecule has 0 amide bonds. The van der Waals surface area contributed by atoms with Crippen molar-refractivity contribution in [3.8, 4) is 6.07 Å². The van der Waals surface area contributed by atoms with E-state index in [1.807, 2.05) is 6.07 Å². The number of halogens is 4. The fraction of sp³-hybridized carbons (Fsp3) is 0.417. The van der Waals surface area contributed by atoms with E-state index in [2.05, 4.69) is 15.9 Å². The SMILES string of the molecule is CN(CCC#N)c1ccc(CBr)c(C(F)(F)F)c1. The van der Waals surface area contributed by atoms with Gasteiger partial charge in [-0.2, -0.15) is 18.4 Å². The second-order valence-corrected chi connectivity index (χ2v) is 4.36. The zero-order valence-electron chi connectivity index (χ0n) is 9.76. The molecule has 0 unspecified atom stereocenters. The molecule has 0 aliphatic heterocycles. The monoisotopic (exact) mass is 320 g/mol. The summed E-state index contributed by atoms with van der Waals surface area (Å²) in [7, 11) is 1.67. The van der Waals surface area contributed by atoms with Gasteiger partial charge >= 0.3 is 6.18 Å². The molecule has 0 atom stereocenters. The van der Waals surface area contributed by atoms with Gasteiger partial charge < -0.3 is 4.90 Å². The third kappa shape index (κ3) is 3.64. The standard InChI is InChI=1S/C12H12BrF3N2/c1-18(6-2-5-17)10-4-3-9(8-13)11(7-10)12(14,15)16/h3-4,7H,2,6,8H2,1H3. The van der Waals surface area contributed by atoms with Crippen LogP contribution in [0.3, 0.4) is 0 Å². The second-order valence-electron chi connectivity index (χ2n) is 3.80. The van der Waals surface area contributed by atoms with Crippen LogP contribution in [-0.4, -0.2) is 13.6 Å². The summed E-state index contributed by atoms with van der Waals surface area (Å²) < 4.78 is 38.5. The van der Waals surface area contributed by atoms with Crippen molar-refractivity contribution in [3.05, 3.63) is 29.3 Å². The Hall–Kier alpha value is -1.22. The third-order valence-electron chi connectivity index (χ3n) is 2.54. The fourth-order valence-corrected chi connectivity index (χ4v) is 2.02. The van der Waals surface area contributed by atoms with Gasteiger partial charge in [0.15, 0.2) is 0 Å². The van der Waals surface area contributed by atoms with E-state index in [1.165, 1.54) is 6.07 Å². The molecule has 6 heteroatoms. The van der Waals surface area contributed by atoms with Crippen LogP contribution in [0.25, 0.3) is 0 Å². The molecule has 0 saturated heterocycles. The molecule has 0 radical (unpaired) electrons. The topological polar surface area (TPSA) is 27.0 Å². The van der Waals surface area contributed by atoms with E-state index in [-0.39, 0.29) is 17.3 Å². The van der Waals surface area contributed by atoms with Crippen LogP contribution in [0.15, 0.2) is 18.2 Å². The molecule has 0 spiro atoms. The van der Waals surface area contributed by atoms with Gasteiger partial charge in [0.25, 0.3) is 0 Å². The van der Waals surface area contributed by atoms with Crippen LogP contribution in [0, 0.1) is 11.3 Å². The molecule has 0 aromatic heterocycles. The molecule has 0 fully saturated rings. The molecular formula is C12H12BrF3N2.